The number of fused-ring (bicyclic) bond motifs is 1. The first-order valence-electron chi connectivity index (χ1n) is 9.51. The fourth-order valence-corrected chi connectivity index (χ4v) is 4.86. The van der Waals surface area contributed by atoms with Crippen LogP contribution in [0.15, 0.2) is 16.7 Å². The van der Waals surface area contributed by atoms with Gasteiger partial charge in [-0.25, -0.2) is 4.98 Å². The van der Waals surface area contributed by atoms with Gasteiger partial charge in [0.1, 0.15) is 12.5 Å². The van der Waals surface area contributed by atoms with Crippen LogP contribution in [-0.2, 0) is 20.7 Å². The largest absolute Gasteiger partial charge is 0.361 e. The number of anilines is 1. The Morgan fingerprint density at radius 2 is 2.11 bits per heavy atom. The monoisotopic (exact) mass is 453 g/mol. The van der Waals surface area contributed by atoms with E-state index in [2.05, 4.69) is 45.9 Å². The van der Waals surface area contributed by atoms with Gasteiger partial charge in [-0.1, -0.05) is 19.6 Å². The number of hydrogen-bond donors (Lipinski definition) is 1. The maximum atomic E-state index is 13.5. The Hall–Kier alpha value is -1.25. The second kappa shape index (κ2) is 8.01. The number of halogens is 1. The molecule has 1 N–H and O–H groups in total. The quantitative estimate of drug-likeness (QED) is 0.547. The highest BCUT2D eigenvalue weighted by molar-refractivity contribution is 9.10. The zero-order valence-corrected chi connectivity index (χ0v) is 18.9. The summed E-state index contributed by atoms with van der Waals surface area (Å²) < 4.78 is 6.80. The van der Waals surface area contributed by atoms with Gasteiger partial charge >= 0.3 is 0 Å². The van der Waals surface area contributed by atoms with E-state index in [0.29, 0.717) is 44.7 Å². The van der Waals surface area contributed by atoms with E-state index < -0.39 is 13.5 Å². The molecule has 1 aromatic rings. The van der Waals surface area contributed by atoms with Crippen LogP contribution in [-0.4, -0.2) is 44.8 Å². The van der Waals surface area contributed by atoms with Gasteiger partial charge in [-0.05, 0) is 52.9 Å². The molecule has 1 fully saturated rings. The van der Waals surface area contributed by atoms with E-state index in [1.165, 1.54) is 0 Å². The van der Waals surface area contributed by atoms with Crippen molar-refractivity contribution in [2.24, 2.45) is 5.41 Å². The van der Waals surface area contributed by atoms with Crippen molar-refractivity contribution in [3.8, 4) is 0 Å². The first-order valence-corrected chi connectivity index (χ1v) is 14.0. The average molecular weight is 454 g/mol. The molecule has 2 aliphatic rings. The highest BCUT2D eigenvalue weighted by atomic mass is 79.9. The number of hydrogen-bond acceptors (Lipinski definition) is 4. The van der Waals surface area contributed by atoms with Gasteiger partial charge in [0.25, 0.3) is 0 Å². The zero-order valence-electron chi connectivity index (χ0n) is 16.3. The predicted molar refractivity (Wildman–Crippen MR) is 111 cm³/mol. The molecule has 3 rings (SSSR count). The van der Waals surface area contributed by atoms with E-state index in [4.69, 9.17) is 4.74 Å². The molecule has 148 valence electrons. The van der Waals surface area contributed by atoms with Crippen LogP contribution in [0.2, 0.25) is 25.7 Å². The predicted octanol–water partition coefficient (Wildman–Crippen LogP) is 3.33. The van der Waals surface area contributed by atoms with Crippen molar-refractivity contribution in [3.63, 3.8) is 0 Å². The average Bonchev–Trinajstić information content (AvgIpc) is 2.76. The molecule has 2 amide bonds. The smallest absolute Gasteiger partial charge is 0.236 e. The van der Waals surface area contributed by atoms with Crippen LogP contribution < -0.4 is 10.2 Å². The zero-order chi connectivity index (χ0) is 19.7. The molecule has 0 radical (unpaired) electrons. The van der Waals surface area contributed by atoms with Crippen LogP contribution >= 0.6 is 15.9 Å². The molecular formula is C19H28BrN3O3Si. The summed E-state index contributed by atoms with van der Waals surface area (Å²) in [5, 5.41) is 2.89. The van der Waals surface area contributed by atoms with Gasteiger partial charge in [0.05, 0.1) is 5.41 Å². The van der Waals surface area contributed by atoms with E-state index in [1.807, 2.05) is 6.07 Å². The molecule has 8 heteroatoms. The summed E-state index contributed by atoms with van der Waals surface area (Å²) in [5.41, 5.74) is 0.476. The summed E-state index contributed by atoms with van der Waals surface area (Å²) >= 11 is 3.49. The Morgan fingerprint density at radius 3 is 2.85 bits per heavy atom. The number of rotatable bonds is 5. The van der Waals surface area contributed by atoms with Gasteiger partial charge in [0.2, 0.25) is 11.8 Å². The molecule has 0 bridgehead atoms. The lowest BCUT2D eigenvalue weighted by atomic mass is 9.72. The summed E-state index contributed by atoms with van der Waals surface area (Å²) in [6.07, 6.45) is 3.93. The fraction of sp³-hybridized carbons (Fsp3) is 0.632. The number of aromatic nitrogens is 1. The molecule has 3 heterocycles. The molecule has 1 aromatic heterocycles. The molecule has 0 aliphatic carbocycles. The van der Waals surface area contributed by atoms with Gasteiger partial charge in [-0.15, -0.1) is 0 Å². The Balaban J connectivity index is 1.84. The Bertz CT molecular complexity index is 737. The van der Waals surface area contributed by atoms with Crippen LogP contribution in [0.5, 0.6) is 0 Å². The maximum absolute atomic E-state index is 13.5. The van der Waals surface area contributed by atoms with E-state index in [1.54, 1.807) is 11.1 Å². The number of amides is 2. The molecule has 27 heavy (non-hydrogen) atoms. The van der Waals surface area contributed by atoms with Crippen LogP contribution in [0.3, 0.4) is 0 Å². The van der Waals surface area contributed by atoms with Gasteiger partial charge in [0.15, 0.2) is 0 Å². The highest BCUT2D eigenvalue weighted by Crippen LogP contribution is 2.43. The van der Waals surface area contributed by atoms with Gasteiger partial charge in [-0.2, -0.15) is 0 Å². The number of carbonyl (C=O) groups excluding carboxylic acids is 2. The van der Waals surface area contributed by atoms with Gasteiger partial charge in [-0.3, -0.25) is 14.5 Å². The van der Waals surface area contributed by atoms with Gasteiger partial charge in [0, 0.05) is 38.3 Å². The second-order valence-corrected chi connectivity index (χ2v) is 15.3. The molecule has 0 saturated carbocycles. The third-order valence-electron chi connectivity index (χ3n) is 5.37. The Labute approximate surface area is 170 Å². The van der Waals surface area contributed by atoms with Crippen LogP contribution in [0.4, 0.5) is 5.82 Å². The first-order chi connectivity index (χ1) is 12.7. The minimum atomic E-state index is -1.19. The van der Waals surface area contributed by atoms with E-state index in [-0.39, 0.29) is 18.5 Å². The molecule has 1 atom stereocenters. The second-order valence-electron chi connectivity index (χ2n) is 8.77. The molecule has 2 aliphatic heterocycles. The minimum absolute atomic E-state index is 0.0239. The van der Waals surface area contributed by atoms with E-state index in [9.17, 15) is 9.59 Å². The fourth-order valence-electron chi connectivity index (χ4n) is 3.72. The van der Waals surface area contributed by atoms with Crippen molar-refractivity contribution >= 4 is 41.6 Å². The number of ether oxygens (including phenoxy) is 1. The normalized spacial score (nSPS) is 23.2. The lowest BCUT2D eigenvalue weighted by Crippen LogP contribution is -2.51. The van der Waals surface area contributed by atoms with Crippen LogP contribution in [0, 0.1) is 5.41 Å². The standard InChI is InChI=1S/C19H28BrN3O3Si/c1-27(2,3)9-8-26-13-23-17-14(10-15(20)12-22-17)11-19(18(23)25)5-4-16(24)21-7-6-19/h10,12H,4-9,11,13H2,1-3H3,(H,21,24). The van der Waals surface area contributed by atoms with Crippen molar-refractivity contribution in [2.45, 2.75) is 51.4 Å². The lowest BCUT2D eigenvalue weighted by Gasteiger charge is -2.41. The molecule has 6 nitrogen and oxygen atoms in total. The number of nitrogens with one attached hydrogen (secondary N) is 1. The lowest BCUT2D eigenvalue weighted by molar-refractivity contribution is -0.131. The summed E-state index contributed by atoms with van der Waals surface area (Å²) in [7, 11) is -1.19. The highest BCUT2D eigenvalue weighted by Gasteiger charge is 2.47. The van der Waals surface area contributed by atoms with Crippen LogP contribution in [0.25, 0.3) is 0 Å². The van der Waals surface area contributed by atoms with Crippen molar-refractivity contribution in [1.82, 2.24) is 10.3 Å². The topological polar surface area (TPSA) is 71.5 Å². The van der Waals surface area contributed by atoms with Crippen molar-refractivity contribution in [2.75, 3.05) is 24.8 Å². The van der Waals surface area contributed by atoms with Gasteiger partial charge < -0.3 is 10.1 Å². The van der Waals surface area contributed by atoms with Crippen LogP contribution in [0.1, 0.15) is 24.8 Å². The third-order valence-corrected chi connectivity index (χ3v) is 7.50. The van der Waals surface area contributed by atoms with E-state index in [0.717, 1.165) is 16.1 Å². The van der Waals surface area contributed by atoms with Crippen molar-refractivity contribution in [1.29, 1.82) is 0 Å². The molecular weight excluding hydrogens is 426 g/mol. The summed E-state index contributed by atoms with van der Waals surface area (Å²) in [6, 6.07) is 3.09. The Kier molecular flexibility index (Phi) is 6.07. The molecule has 1 saturated heterocycles. The van der Waals surface area contributed by atoms with Crippen molar-refractivity contribution in [3.05, 3.63) is 22.3 Å². The first kappa shape index (κ1) is 20.5. The molecule has 1 unspecified atom stereocenters. The number of carbonyl (C=O) groups is 2. The number of nitrogens with zero attached hydrogens (tertiary/aromatic N) is 2. The summed E-state index contributed by atoms with van der Waals surface area (Å²) in [5.74, 6) is 0.746. The number of pyridine rings is 1. The third kappa shape index (κ3) is 4.78. The molecule has 0 aromatic carbocycles. The SMILES string of the molecule is C[Si](C)(C)CCOCN1C(=O)C2(CCNC(=O)CC2)Cc2cc(Br)cnc21. The van der Waals surface area contributed by atoms with E-state index >= 15 is 0 Å². The maximum Gasteiger partial charge on any atom is 0.236 e. The summed E-state index contributed by atoms with van der Waals surface area (Å²) in [4.78, 5) is 31.5. The minimum Gasteiger partial charge on any atom is -0.361 e. The van der Waals surface area contributed by atoms with Crippen molar-refractivity contribution < 1.29 is 14.3 Å². The summed E-state index contributed by atoms with van der Waals surface area (Å²) in [6.45, 7) is 8.32. The molecule has 1 spiro atoms. The Morgan fingerprint density at radius 1 is 1.33 bits per heavy atom.